The molecule has 0 saturated heterocycles. The standard InChI is InChI=1S/C20H21F4NO3S/c1-19(2,18(26)25-20(3,4)12-8-6-5-7-9-12)11-29(27,28)17-15(23)13(21)10-14(22)16(17)24/h5-10H,11H2,1-4H3,(H,25,26). The maximum absolute atomic E-state index is 13.9. The average molecular weight is 431 g/mol. The number of nitrogens with one attached hydrogen (secondary N) is 1. The van der Waals surface area contributed by atoms with E-state index in [2.05, 4.69) is 5.32 Å². The molecular weight excluding hydrogens is 410 g/mol. The number of amides is 1. The Morgan fingerprint density at radius 2 is 1.41 bits per heavy atom. The Hall–Kier alpha value is -2.42. The fraction of sp³-hybridized carbons (Fsp3) is 0.350. The molecule has 29 heavy (non-hydrogen) atoms. The number of carbonyl (C=O) groups excluding carboxylic acids is 1. The second kappa shape index (κ2) is 7.78. The Bertz CT molecular complexity index is 1010. The van der Waals surface area contributed by atoms with Gasteiger partial charge in [0.15, 0.2) is 33.1 Å². The molecular formula is C20H21F4NO3S. The highest BCUT2D eigenvalue weighted by atomic mass is 32.2. The first kappa shape index (κ1) is 22.9. The van der Waals surface area contributed by atoms with E-state index in [4.69, 9.17) is 0 Å². The molecule has 4 nitrogen and oxygen atoms in total. The molecule has 0 aromatic heterocycles. The molecule has 0 spiro atoms. The van der Waals surface area contributed by atoms with Crippen LogP contribution in [0.15, 0.2) is 41.3 Å². The highest BCUT2D eigenvalue weighted by molar-refractivity contribution is 7.91. The summed E-state index contributed by atoms with van der Waals surface area (Å²) in [6.45, 7) is 5.91. The third kappa shape index (κ3) is 4.77. The highest BCUT2D eigenvalue weighted by Gasteiger charge is 2.40. The minimum Gasteiger partial charge on any atom is -0.347 e. The minimum absolute atomic E-state index is 0.0794. The SMILES string of the molecule is CC(C)(CS(=O)(=O)c1c(F)c(F)cc(F)c1F)C(=O)NC(C)(C)c1ccccc1. The highest BCUT2D eigenvalue weighted by Crippen LogP contribution is 2.30. The monoisotopic (exact) mass is 431 g/mol. The van der Waals surface area contributed by atoms with Crippen LogP contribution in [0.2, 0.25) is 0 Å². The van der Waals surface area contributed by atoms with Crippen molar-refractivity contribution in [3.8, 4) is 0 Å². The first-order valence-corrected chi connectivity index (χ1v) is 10.3. The van der Waals surface area contributed by atoms with Crippen LogP contribution in [0.4, 0.5) is 17.6 Å². The van der Waals surface area contributed by atoms with Crippen molar-refractivity contribution >= 4 is 15.7 Å². The van der Waals surface area contributed by atoms with E-state index in [-0.39, 0.29) is 6.07 Å². The molecule has 1 N–H and O–H groups in total. The van der Waals surface area contributed by atoms with Gasteiger partial charge in [0.2, 0.25) is 5.91 Å². The van der Waals surface area contributed by atoms with Crippen molar-refractivity contribution in [2.75, 3.05) is 5.75 Å². The van der Waals surface area contributed by atoms with E-state index < -0.39 is 60.6 Å². The zero-order valence-electron chi connectivity index (χ0n) is 16.3. The molecule has 0 heterocycles. The molecule has 2 rings (SSSR count). The van der Waals surface area contributed by atoms with Gasteiger partial charge in [0.05, 0.1) is 16.7 Å². The number of hydrogen-bond donors (Lipinski definition) is 1. The van der Waals surface area contributed by atoms with Crippen LogP contribution in [-0.4, -0.2) is 20.1 Å². The van der Waals surface area contributed by atoms with Crippen LogP contribution < -0.4 is 5.32 Å². The first-order valence-electron chi connectivity index (χ1n) is 8.63. The van der Waals surface area contributed by atoms with Crippen LogP contribution in [0.3, 0.4) is 0 Å². The van der Waals surface area contributed by atoms with Crippen molar-refractivity contribution in [3.63, 3.8) is 0 Å². The predicted octanol–water partition coefficient (Wildman–Crippen LogP) is 4.09. The van der Waals surface area contributed by atoms with Crippen LogP contribution >= 0.6 is 0 Å². The Morgan fingerprint density at radius 1 is 0.931 bits per heavy atom. The van der Waals surface area contributed by atoms with E-state index in [0.29, 0.717) is 0 Å². The molecule has 0 bridgehead atoms. The lowest BCUT2D eigenvalue weighted by atomic mass is 9.89. The number of sulfone groups is 1. The number of benzene rings is 2. The van der Waals surface area contributed by atoms with E-state index in [1.165, 1.54) is 13.8 Å². The molecule has 0 fully saturated rings. The molecule has 2 aromatic carbocycles. The molecule has 0 radical (unpaired) electrons. The van der Waals surface area contributed by atoms with Crippen molar-refractivity contribution in [2.45, 2.75) is 38.1 Å². The molecule has 0 unspecified atom stereocenters. The molecule has 0 aliphatic carbocycles. The van der Waals surface area contributed by atoms with Gasteiger partial charge in [-0.05, 0) is 19.4 Å². The lowest BCUT2D eigenvalue weighted by Crippen LogP contribution is -2.49. The summed E-state index contributed by atoms with van der Waals surface area (Å²) in [7, 11) is -4.88. The van der Waals surface area contributed by atoms with Crippen molar-refractivity contribution in [3.05, 3.63) is 65.2 Å². The molecule has 0 aliphatic rings. The summed E-state index contributed by atoms with van der Waals surface area (Å²) in [6, 6.07) is 8.78. The summed E-state index contributed by atoms with van der Waals surface area (Å²) < 4.78 is 79.8. The van der Waals surface area contributed by atoms with E-state index in [1.807, 2.05) is 0 Å². The predicted molar refractivity (Wildman–Crippen MR) is 99.7 cm³/mol. The summed E-state index contributed by atoms with van der Waals surface area (Å²) in [4.78, 5) is 11.0. The van der Waals surface area contributed by atoms with Crippen LogP contribution in [0.25, 0.3) is 0 Å². The Morgan fingerprint density at radius 3 is 1.90 bits per heavy atom. The van der Waals surface area contributed by atoms with Gasteiger partial charge in [-0.3, -0.25) is 4.79 Å². The van der Waals surface area contributed by atoms with Crippen LogP contribution in [0.1, 0.15) is 33.3 Å². The molecule has 0 aliphatic heterocycles. The maximum atomic E-state index is 13.9. The Kier molecular flexibility index (Phi) is 6.13. The smallest absolute Gasteiger partial charge is 0.227 e. The van der Waals surface area contributed by atoms with E-state index in [1.54, 1.807) is 44.2 Å². The summed E-state index contributed by atoms with van der Waals surface area (Å²) in [5.74, 6) is -9.50. The van der Waals surface area contributed by atoms with Gasteiger partial charge in [0.25, 0.3) is 0 Å². The third-order valence-electron chi connectivity index (χ3n) is 4.47. The average Bonchev–Trinajstić information content (AvgIpc) is 2.59. The van der Waals surface area contributed by atoms with Gasteiger partial charge in [0, 0.05) is 6.07 Å². The fourth-order valence-electron chi connectivity index (χ4n) is 2.82. The number of hydrogen-bond acceptors (Lipinski definition) is 3. The van der Waals surface area contributed by atoms with Gasteiger partial charge in [-0.1, -0.05) is 44.2 Å². The van der Waals surface area contributed by atoms with Gasteiger partial charge < -0.3 is 5.32 Å². The zero-order valence-corrected chi connectivity index (χ0v) is 17.1. The maximum Gasteiger partial charge on any atom is 0.227 e. The van der Waals surface area contributed by atoms with Gasteiger partial charge >= 0.3 is 0 Å². The molecule has 0 saturated carbocycles. The Balaban J connectivity index is 2.34. The molecule has 158 valence electrons. The second-order valence-electron chi connectivity index (χ2n) is 7.89. The molecule has 9 heteroatoms. The molecule has 1 amide bonds. The van der Waals surface area contributed by atoms with Crippen molar-refractivity contribution < 1.29 is 30.8 Å². The normalized spacial score (nSPS) is 12.7. The van der Waals surface area contributed by atoms with Crippen molar-refractivity contribution in [1.82, 2.24) is 5.32 Å². The number of carbonyl (C=O) groups is 1. The largest absolute Gasteiger partial charge is 0.347 e. The summed E-state index contributed by atoms with van der Waals surface area (Å²) in [5.41, 5.74) is -1.79. The second-order valence-corrected chi connectivity index (χ2v) is 9.81. The summed E-state index contributed by atoms with van der Waals surface area (Å²) in [5, 5.41) is 2.70. The topological polar surface area (TPSA) is 63.2 Å². The molecule has 2 aromatic rings. The van der Waals surface area contributed by atoms with Crippen LogP contribution in [-0.2, 0) is 20.2 Å². The number of halogens is 4. The van der Waals surface area contributed by atoms with Gasteiger partial charge in [0.1, 0.15) is 4.90 Å². The minimum atomic E-state index is -4.88. The summed E-state index contributed by atoms with van der Waals surface area (Å²) >= 11 is 0. The van der Waals surface area contributed by atoms with Crippen molar-refractivity contribution in [1.29, 1.82) is 0 Å². The molecule has 0 atom stereocenters. The Labute approximate surface area is 166 Å². The van der Waals surface area contributed by atoms with Crippen LogP contribution in [0.5, 0.6) is 0 Å². The van der Waals surface area contributed by atoms with Crippen LogP contribution in [0, 0.1) is 28.7 Å². The van der Waals surface area contributed by atoms with Gasteiger partial charge in [-0.25, -0.2) is 26.0 Å². The lowest BCUT2D eigenvalue weighted by Gasteiger charge is -2.32. The zero-order chi connectivity index (χ0) is 22.2. The fourth-order valence-corrected chi connectivity index (χ4v) is 4.78. The third-order valence-corrected chi connectivity index (χ3v) is 6.55. The van der Waals surface area contributed by atoms with E-state index in [0.717, 1.165) is 5.56 Å². The van der Waals surface area contributed by atoms with Gasteiger partial charge in [-0.2, -0.15) is 0 Å². The van der Waals surface area contributed by atoms with Gasteiger partial charge in [-0.15, -0.1) is 0 Å². The quantitative estimate of drug-likeness (QED) is 0.554. The van der Waals surface area contributed by atoms with Crippen molar-refractivity contribution in [2.24, 2.45) is 5.41 Å². The van der Waals surface area contributed by atoms with E-state index in [9.17, 15) is 30.8 Å². The number of rotatable bonds is 6. The van der Waals surface area contributed by atoms with E-state index >= 15 is 0 Å². The summed E-state index contributed by atoms with van der Waals surface area (Å²) in [6.07, 6.45) is 0. The lowest BCUT2D eigenvalue weighted by molar-refractivity contribution is -0.130. The first-order chi connectivity index (χ1) is 13.2.